The Labute approximate surface area is 207 Å². The van der Waals surface area contributed by atoms with E-state index in [0.717, 1.165) is 12.8 Å². The van der Waals surface area contributed by atoms with Crippen LogP contribution in [0, 0.1) is 0 Å². The van der Waals surface area contributed by atoms with Gasteiger partial charge >= 0.3 is 43.7 Å². The fourth-order valence-corrected chi connectivity index (χ4v) is 3.79. The predicted molar refractivity (Wildman–Crippen MR) is 127 cm³/mol. The number of unbranched alkanes of at least 4 members (excludes halogenated alkanes) is 17. The second kappa shape index (κ2) is 24.5. The fraction of sp³-hybridized carbons (Fsp3) is 0.955. The van der Waals surface area contributed by atoms with Crippen molar-refractivity contribution in [2.45, 2.75) is 133 Å². The van der Waals surface area contributed by atoms with Gasteiger partial charge in [0.05, 0.1) is 0 Å². The summed E-state index contributed by atoms with van der Waals surface area (Å²) in [5.74, 6) is -0.660. The number of rotatable bonds is 20. The van der Waals surface area contributed by atoms with Gasteiger partial charge in [0.25, 0.3) is 0 Å². The molecule has 2 nitrogen and oxygen atoms in total. The van der Waals surface area contributed by atoms with Gasteiger partial charge in [0.1, 0.15) is 3.92 Å². The number of halogens is 1. The molecule has 0 aromatic rings. The number of aliphatic carboxylic acids is 1. The minimum atomic E-state index is -0.660. The summed E-state index contributed by atoms with van der Waals surface area (Å²) >= 11 is 2.04. The predicted octanol–water partition coefficient (Wildman–Crippen LogP) is 7.39. The van der Waals surface area contributed by atoms with Crippen LogP contribution in [-0.2, 0) is 4.79 Å². The van der Waals surface area contributed by atoms with Gasteiger partial charge in [0.2, 0.25) is 0 Å². The standard InChI is InChI=1S/C22H43IO2.Ca.2H/c1-2-3-4-5-6-7-8-9-10-11-12-13-14-15-16-17-18-19-20-21(23)22(24)25;;;/h21H,2-20H2,1H3,(H,24,25);;;. The molecule has 1 N–H and O–H groups in total. The summed E-state index contributed by atoms with van der Waals surface area (Å²) in [6.45, 7) is 2.28. The average Bonchev–Trinajstić information content (AvgIpc) is 2.60. The van der Waals surface area contributed by atoms with E-state index in [1.165, 1.54) is 109 Å². The van der Waals surface area contributed by atoms with Crippen molar-refractivity contribution < 1.29 is 9.90 Å². The van der Waals surface area contributed by atoms with Crippen molar-refractivity contribution in [1.29, 1.82) is 0 Å². The first kappa shape index (κ1) is 29.7. The van der Waals surface area contributed by atoms with Gasteiger partial charge in [-0.3, -0.25) is 4.79 Å². The number of hydrogen-bond acceptors (Lipinski definition) is 1. The molecule has 0 saturated carbocycles. The van der Waals surface area contributed by atoms with E-state index in [1.54, 1.807) is 0 Å². The molecule has 0 rings (SSSR count). The summed E-state index contributed by atoms with van der Waals surface area (Å²) in [5.41, 5.74) is 0. The van der Waals surface area contributed by atoms with Crippen LogP contribution in [-0.4, -0.2) is 52.7 Å². The Morgan fingerprint density at radius 3 is 1.19 bits per heavy atom. The maximum absolute atomic E-state index is 10.7. The normalized spacial score (nSPS) is 11.9. The minimum absolute atomic E-state index is 0. The quantitative estimate of drug-likeness (QED) is 0.0806. The van der Waals surface area contributed by atoms with Crippen LogP contribution in [0.3, 0.4) is 0 Å². The van der Waals surface area contributed by atoms with Gasteiger partial charge in [-0.15, -0.1) is 0 Å². The van der Waals surface area contributed by atoms with Gasteiger partial charge in [-0.05, 0) is 6.42 Å². The number of carboxylic acid groups (broad SMARTS) is 1. The van der Waals surface area contributed by atoms with E-state index in [0.29, 0.717) is 0 Å². The SMILES string of the molecule is CCCCCCCCCCCCCCCCCCCCC(I)C(=O)O.[CaH2]. The third-order valence-corrected chi connectivity index (χ3v) is 6.23. The van der Waals surface area contributed by atoms with Crippen molar-refractivity contribution >= 4 is 66.3 Å². The Morgan fingerprint density at radius 1 is 0.654 bits per heavy atom. The van der Waals surface area contributed by atoms with Crippen molar-refractivity contribution in [3.05, 3.63) is 0 Å². The Morgan fingerprint density at radius 2 is 0.923 bits per heavy atom. The van der Waals surface area contributed by atoms with Crippen molar-refractivity contribution in [1.82, 2.24) is 0 Å². The monoisotopic (exact) mass is 508 g/mol. The number of alkyl halides is 1. The molecule has 0 heterocycles. The van der Waals surface area contributed by atoms with Crippen LogP contribution in [0.25, 0.3) is 0 Å². The third kappa shape index (κ3) is 23.5. The molecular weight excluding hydrogens is 463 g/mol. The Kier molecular flexibility index (Phi) is 27.9. The molecule has 0 saturated heterocycles. The van der Waals surface area contributed by atoms with Crippen LogP contribution in [0.2, 0.25) is 0 Å². The first-order valence-electron chi connectivity index (χ1n) is 11.0. The molecule has 154 valence electrons. The second-order valence-corrected chi connectivity index (χ2v) is 9.11. The van der Waals surface area contributed by atoms with Gasteiger partial charge in [-0.25, -0.2) is 0 Å². The van der Waals surface area contributed by atoms with Gasteiger partial charge < -0.3 is 5.11 Å². The van der Waals surface area contributed by atoms with Crippen LogP contribution >= 0.6 is 22.6 Å². The van der Waals surface area contributed by atoms with E-state index in [2.05, 4.69) is 6.92 Å². The number of carbonyl (C=O) groups is 1. The molecule has 0 fully saturated rings. The van der Waals surface area contributed by atoms with E-state index in [4.69, 9.17) is 5.11 Å². The summed E-state index contributed by atoms with van der Waals surface area (Å²) in [6, 6.07) is 0. The first-order chi connectivity index (χ1) is 12.2. The Bertz CT molecular complexity index is 287. The van der Waals surface area contributed by atoms with Gasteiger partial charge in [0.15, 0.2) is 0 Å². The second-order valence-electron chi connectivity index (χ2n) is 7.60. The molecule has 0 spiro atoms. The van der Waals surface area contributed by atoms with Crippen molar-refractivity contribution in [2.75, 3.05) is 0 Å². The topological polar surface area (TPSA) is 37.3 Å². The van der Waals surface area contributed by atoms with E-state index in [9.17, 15) is 4.79 Å². The van der Waals surface area contributed by atoms with Crippen molar-refractivity contribution in [3.8, 4) is 0 Å². The van der Waals surface area contributed by atoms with E-state index in [1.807, 2.05) is 22.6 Å². The molecular formula is C22H45CaIO2. The average molecular weight is 509 g/mol. The molecule has 0 bridgehead atoms. The number of hydrogen-bond donors (Lipinski definition) is 1. The summed E-state index contributed by atoms with van der Waals surface area (Å²) in [4.78, 5) is 10.7. The zero-order valence-electron chi connectivity index (χ0n) is 16.7. The zero-order chi connectivity index (χ0) is 18.6. The van der Waals surface area contributed by atoms with Crippen LogP contribution in [0.1, 0.15) is 129 Å². The van der Waals surface area contributed by atoms with Crippen molar-refractivity contribution in [2.24, 2.45) is 0 Å². The molecule has 1 atom stereocenters. The van der Waals surface area contributed by atoms with Gasteiger partial charge in [-0.1, -0.05) is 145 Å². The van der Waals surface area contributed by atoms with Crippen LogP contribution < -0.4 is 0 Å². The van der Waals surface area contributed by atoms with Gasteiger partial charge in [0, 0.05) is 0 Å². The maximum atomic E-state index is 10.7. The summed E-state index contributed by atoms with van der Waals surface area (Å²) < 4.78 is -0.196. The summed E-state index contributed by atoms with van der Waals surface area (Å²) in [7, 11) is 0. The molecule has 0 aromatic heterocycles. The fourth-order valence-electron chi connectivity index (χ4n) is 3.35. The molecule has 4 heteroatoms. The molecule has 0 aliphatic heterocycles. The van der Waals surface area contributed by atoms with Gasteiger partial charge in [-0.2, -0.15) is 0 Å². The van der Waals surface area contributed by atoms with Crippen LogP contribution in [0.15, 0.2) is 0 Å². The molecule has 0 aliphatic carbocycles. The molecule has 0 amide bonds. The molecule has 0 aliphatic rings. The van der Waals surface area contributed by atoms with E-state index >= 15 is 0 Å². The van der Waals surface area contributed by atoms with E-state index in [-0.39, 0.29) is 41.7 Å². The zero-order valence-corrected chi connectivity index (χ0v) is 18.9. The summed E-state index contributed by atoms with van der Waals surface area (Å²) in [5, 5.41) is 8.82. The third-order valence-electron chi connectivity index (χ3n) is 5.08. The number of carboxylic acids is 1. The molecule has 0 aromatic carbocycles. The van der Waals surface area contributed by atoms with Crippen LogP contribution in [0.5, 0.6) is 0 Å². The molecule has 1 unspecified atom stereocenters. The van der Waals surface area contributed by atoms with Crippen molar-refractivity contribution in [3.63, 3.8) is 0 Å². The Balaban J connectivity index is 0. The Hall–Kier alpha value is 1.46. The first-order valence-corrected chi connectivity index (χ1v) is 12.3. The van der Waals surface area contributed by atoms with E-state index < -0.39 is 5.97 Å². The molecule has 0 radical (unpaired) electrons. The van der Waals surface area contributed by atoms with Crippen LogP contribution in [0.4, 0.5) is 0 Å². The molecule has 26 heavy (non-hydrogen) atoms. The summed E-state index contributed by atoms with van der Waals surface area (Å²) in [6.07, 6.45) is 25.6.